The molecule has 0 radical (unpaired) electrons. The highest BCUT2D eigenvalue weighted by atomic mass is 32.2. The molecule has 2 aromatic carbocycles. The fourth-order valence-electron chi connectivity index (χ4n) is 6.38. The molecule has 2 N–H and O–H groups in total. The van der Waals surface area contributed by atoms with Crippen molar-refractivity contribution in [2.45, 2.75) is 25.1 Å². The van der Waals surface area contributed by atoms with Crippen LogP contribution in [0.2, 0.25) is 0 Å². The van der Waals surface area contributed by atoms with E-state index in [1.807, 2.05) is 24.0 Å². The summed E-state index contributed by atoms with van der Waals surface area (Å²) in [4.78, 5) is 65.1. The lowest BCUT2D eigenvalue weighted by molar-refractivity contribution is -0.112. The molecule has 4 aromatic rings. The van der Waals surface area contributed by atoms with Crippen LogP contribution >= 0.6 is 11.8 Å². The molecule has 2 aromatic heterocycles. The highest BCUT2D eigenvalue weighted by Crippen LogP contribution is 2.33. The van der Waals surface area contributed by atoms with Crippen molar-refractivity contribution < 1.29 is 28.9 Å². The molecule has 2 atom stereocenters. The van der Waals surface area contributed by atoms with Gasteiger partial charge < -0.3 is 24.4 Å². The van der Waals surface area contributed by atoms with E-state index in [1.54, 1.807) is 33.7 Å². The first kappa shape index (κ1) is 32.6. The second-order valence-corrected chi connectivity index (χ2v) is 12.9. The summed E-state index contributed by atoms with van der Waals surface area (Å²) in [6, 6.07) is 11.5. The van der Waals surface area contributed by atoms with Crippen LogP contribution in [0.25, 0.3) is 10.9 Å². The molecule has 3 aliphatic heterocycles. The van der Waals surface area contributed by atoms with E-state index in [-0.39, 0.29) is 36.1 Å². The van der Waals surface area contributed by atoms with Crippen LogP contribution in [0.5, 0.6) is 0 Å². The molecule has 254 valence electrons. The third-order valence-corrected chi connectivity index (χ3v) is 10.0. The van der Waals surface area contributed by atoms with E-state index in [2.05, 4.69) is 14.9 Å². The smallest absolute Gasteiger partial charge is 0.351 e. The third-order valence-electron chi connectivity index (χ3n) is 8.91. The lowest BCUT2D eigenvalue weighted by Gasteiger charge is -2.38. The molecule has 1 amide bonds. The summed E-state index contributed by atoms with van der Waals surface area (Å²) in [5, 5.41) is 18.8. The van der Waals surface area contributed by atoms with Crippen molar-refractivity contribution in [1.29, 1.82) is 0 Å². The minimum atomic E-state index is -1.36. The van der Waals surface area contributed by atoms with Gasteiger partial charge in [-0.2, -0.15) is 4.98 Å². The van der Waals surface area contributed by atoms with Crippen LogP contribution in [-0.2, 0) is 16.1 Å². The summed E-state index contributed by atoms with van der Waals surface area (Å²) < 4.78 is 24.0. The lowest BCUT2D eigenvalue weighted by Crippen LogP contribution is -2.51. The topological polar surface area (TPSA) is 163 Å². The predicted octanol–water partition coefficient (Wildman–Crippen LogP) is 2.24. The zero-order valence-electron chi connectivity index (χ0n) is 26.4. The molecule has 49 heavy (non-hydrogen) atoms. The number of nitrogens with zero attached hydrogens (tertiary/aromatic N) is 7. The van der Waals surface area contributed by atoms with Gasteiger partial charge in [0.05, 0.1) is 30.2 Å². The van der Waals surface area contributed by atoms with Crippen LogP contribution in [0.3, 0.4) is 0 Å². The second kappa shape index (κ2) is 13.2. The maximum absolute atomic E-state index is 15.4. The molecule has 7 rings (SSSR count). The fourth-order valence-corrected chi connectivity index (χ4v) is 7.31. The molecule has 0 spiro atoms. The van der Waals surface area contributed by atoms with E-state index in [0.717, 1.165) is 6.07 Å². The molecule has 0 aliphatic carbocycles. The number of carbonyl (C=O) groups is 2. The number of aliphatic hydroxyl groups is 1. The molecule has 3 aliphatic rings. The number of carbonyl (C=O) groups excluding carboxylic acids is 1. The van der Waals surface area contributed by atoms with Crippen LogP contribution in [-0.4, -0.2) is 97.5 Å². The summed E-state index contributed by atoms with van der Waals surface area (Å²) in [6.07, 6.45) is 2.25. The number of pyridine rings is 1. The maximum atomic E-state index is 15.4. The number of aryl methyl sites for hydroxylation is 1. The van der Waals surface area contributed by atoms with Crippen molar-refractivity contribution in [2.75, 3.05) is 55.0 Å². The number of carboxylic acid groups (broad SMARTS) is 1. The van der Waals surface area contributed by atoms with Gasteiger partial charge in [0.25, 0.3) is 5.91 Å². The fraction of sp³-hybridized carbons (Fsp3) is 0.333. The van der Waals surface area contributed by atoms with E-state index in [0.29, 0.717) is 60.9 Å². The van der Waals surface area contributed by atoms with Gasteiger partial charge in [0, 0.05) is 61.8 Å². The molecule has 16 heteroatoms. The Morgan fingerprint density at radius 2 is 1.88 bits per heavy atom. The van der Waals surface area contributed by atoms with Crippen molar-refractivity contribution >= 4 is 57.4 Å². The van der Waals surface area contributed by atoms with Gasteiger partial charge in [-0.3, -0.25) is 24.0 Å². The van der Waals surface area contributed by atoms with Crippen LogP contribution < -0.4 is 20.9 Å². The molecular formula is C33H32FN7O7S. The zero-order chi connectivity index (χ0) is 34.4. The van der Waals surface area contributed by atoms with Crippen LogP contribution in [0.1, 0.15) is 29.1 Å². The number of halogens is 1. The first-order chi connectivity index (χ1) is 23.7. The Labute approximate surface area is 282 Å². The summed E-state index contributed by atoms with van der Waals surface area (Å²) in [5.74, 6) is -1.73. The Morgan fingerprint density at radius 1 is 1.10 bits per heavy atom. The SMILES string of the molecule is CCn1cc(C(=O)O)c(=O)c2cc(F)c(N3CCN(CN4C(=O)C(=Nc5ccn([C@H]6CS[C@@H](CO)O6)c(=O)n5)c5ccccc54)CC3)cc21. The van der Waals surface area contributed by atoms with Crippen LogP contribution in [0.15, 0.2) is 69.4 Å². The van der Waals surface area contributed by atoms with Crippen molar-refractivity contribution in [3.05, 3.63) is 92.5 Å². The van der Waals surface area contributed by atoms with Gasteiger partial charge in [-0.1, -0.05) is 18.2 Å². The molecule has 0 bridgehead atoms. The number of aliphatic hydroxyl groups excluding tert-OH is 1. The van der Waals surface area contributed by atoms with Crippen LogP contribution in [0, 0.1) is 5.82 Å². The molecule has 5 heterocycles. The summed E-state index contributed by atoms with van der Waals surface area (Å²) in [6.45, 7) is 4.21. The Hall–Kier alpha value is -4.90. The number of piperazine rings is 1. The second-order valence-electron chi connectivity index (χ2n) is 11.8. The van der Waals surface area contributed by atoms with Gasteiger partial charge in [-0.25, -0.2) is 19.0 Å². The number of rotatable bonds is 8. The molecule has 0 saturated carbocycles. The number of aliphatic imine (C=N–C) groups is 1. The van der Waals surface area contributed by atoms with Crippen molar-refractivity contribution in [3.8, 4) is 0 Å². The Bertz CT molecular complexity index is 2130. The van der Waals surface area contributed by atoms with E-state index in [4.69, 9.17) is 4.74 Å². The molecule has 0 unspecified atom stereocenters. The predicted molar refractivity (Wildman–Crippen MR) is 182 cm³/mol. The number of carboxylic acids is 1. The van der Waals surface area contributed by atoms with E-state index < -0.39 is 40.1 Å². The van der Waals surface area contributed by atoms with E-state index in [9.17, 15) is 29.4 Å². The highest BCUT2D eigenvalue weighted by molar-refractivity contribution is 8.00. The van der Waals surface area contributed by atoms with E-state index >= 15 is 4.39 Å². The van der Waals surface area contributed by atoms with Crippen molar-refractivity contribution in [2.24, 2.45) is 4.99 Å². The molecule has 14 nitrogen and oxygen atoms in total. The van der Waals surface area contributed by atoms with Gasteiger partial charge in [0.15, 0.2) is 5.82 Å². The first-order valence-corrected chi connectivity index (χ1v) is 16.8. The number of hydrogen-bond acceptors (Lipinski definition) is 11. The van der Waals surface area contributed by atoms with Crippen molar-refractivity contribution in [1.82, 2.24) is 19.0 Å². The van der Waals surface area contributed by atoms with Crippen molar-refractivity contribution in [3.63, 3.8) is 0 Å². The summed E-state index contributed by atoms with van der Waals surface area (Å²) in [7, 11) is 0. The third kappa shape index (κ3) is 6.01. The minimum Gasteiger partial charge on any atom is -0.477 e. The molecular weight excluding hydrogens is 657 g/mol. The first-order valence-electron chi connectivity index (χ1n) is 15.7. The normalized spacial score (nSPS) is 20.5. The summed E-state index contributed by atoms with van der Waals surface area (Å²) in [5.41, 5.74) is 0.104. The average molecular weight is 690 g/mol. The maximum Gasteiger partial charge on any atom is 0.351 e. The Morgan fingerprint density at radius 3 is 2.57 bits per heavy atom. The summed E-state index contributed by atoms with van der Waals surface area (Å²) >= 11 is 1.41. The zero-order valence-corrected chi connectivity index (χ0v) is 27.2. The number of thioether (sulfide) groups is 1. The standard InChI is InChI=1S/C33H32FN7O7S/c1-2-38-15-21(32(45)46)30(43)20-13-22(34)25(14-24(20)38)39-11-9-37(10-12-39)18-41-23-6-4-3-5-19(23)29(31(41)44)35-26-7-8-40(33(47)36-26)27-17-49-28(16-42)48-27/h3-8,13-15,27-28,42H,2,9-12,16-18H2,1H3,(H,45,46)/t27-,28+/m1/s1. The van der Waals surface area contributed by atoms with Gasteiger partial charge >= 0.3 is 11.7 Å². The Kier molecular flexibility index (Phi) is 8.79. The number of hydrogen-bond donors (Lipinski definition) is 2. The number of fused-ring (bicyclic) bond motifs is 2. The number of aromatic nitrogens is 3. The van der Waals surface area contributed by atoms with Gasteiger partial charge in [-0.15, -0.1) is 11.8 Å². The number of benzene rings is 2. The number of aromatic carboxylic acids is 1. The Balaban J connectivity index is 1.07. The number of amides is 1. The lowest BCUT2D eigenvalue weighted by atomic mass is 10.1. The van der Waals surface area contributed by atoms with E-state index in [1.165, 1.54) is 28.7 Å². The number of anilines is 2. The molecule has 2 saturated heterocycles. The molecule has 2 fully saturated rings. The number of para-hydroxylation sites is 1. The number of ether oxygens (including phenoxy) is 1. The van der Waals surface area contributed by atoms with Crippen LogP contribution in [0.4, 0.5) is 21.6 Å². The largest absolute Gasteiger partial charge is 0.477 e. The van der Waals surface area contributed by atoms with Gasteiger partial charge in [-0.05, 0) is 31.2 Å². The highest BCUT2D eigenvalue weighted by Gasteiger charge is 2.36. The average Bonchev–Trinajstić information content (AvgIpc) is 3.68. The van der Waals surface area contributed by atoms with Gasteiger partial charge in [0.2, 0.25) is 5.43 Å². The van der Waals surface area contributed by atoms with Gasteiger partial charge in [0.1, 0.15) is 28.8 Å². The monoisotopic (exact) mass is 689 g/mol. The minimum absolute atomic E-state index is 0.0137. The quantitative estimate of drug-likeness (QED) is 0.279.